The van der Waals surface area contributed by atoms with Crippen LogP contribution in [-0.2, 0) is 15.0 Å². The molecule has 1 aliphatic rings. The Hall–Kier alpha value is -2.08. The Bertz CT molecular complexity index is 573. The Balaban J connectivity index is 2.19. The van der Waals surface area contributed by atoms with Crippen molar-refractivity contribution in [1.82, 2.24) is 5.32 Å². The highest BCUT2D eigenvalue weighted by Crippen LogP contribution is 2.41. The molecule has 0 bridgehead atoms. The largest absolute Gasteiger partial charge is 0.497 e. The minimum atomic E-state index is -1.98. The third-order valence-electron chi connectivity index (χ3n) is 4.59. The first-order valence-electron chi connectivity index (χ1n) is 7.70. The normalized spacial score (nSPS) is 18.9. The number of carbonyl (C=O) groups excluding carboxylic acids is 1. The van der Waals surface area contributed by atoms with Gasteiger partial charge in [-0.2, -0.15) is 0 Å². The second kappa shape index (κ2) is 6.58. The molecule has 23 heavy (non-hydrogen) atoms. The van der Waals surface area contributed by atoms with E-state index in [2.05, 4.69) is 5.32 Å². The number of ether oxygens (including phenoxy) is 1. The molecule has 126 valence electrons. The topological polar surface area (TPSA) is 95.9 Å². The molecule has 0 heterocycles. The fraction of sp³-hybridized carbons (Fsp3) is 0.529. The van der Waals surface area contributed by atoms with Crippen molar-refractivity contribution in [1.29, 1.82) is 0 Å². The number of hydrogen-bond acceptors (Lipinski definition) is 4. The number of amides is 1. The molecule has 3 N–H and O–H groups in total. The maximum Gasteiger partial charge on any atom is 0.337 e. The van der Waals surface area contributed by atoms with E-state index in [9.17, 15) is 14.7 Å². The van der Waals surface area contributed by atoms with Gasteiger partial charge in [-0.3, -0.25) is 4.79 Å². The monoisotopic (exact) mass is 321 g/mol. The van der Waals surface area contributed by atoms with Gasteiger partial charge < -0.3 is 20.3 Å². The first-order valence-corrected chi connectivity index (χ1v) is 7.70. The predicted molar refractivity (Wildman–Crippen MR) is 84.4 cm³/mol. The molecule has 2 rings (SSSR count). The van der Waals surface area contributed by atoms with Gasteiger partial charge in [-0.05, 0) is 37.5 Å². The van der Waals surface area contributed by atoms with Gasteiger partial charge in [0.15, 0.2) is 5.60 Å². The van der Waals surface area contributed by atoms with Gasteiger partial charge in [-0.1, -0.05) is 25.0 Å². The summed E-state index contributed by atoms with van der Waals surface area (Å²) in [6.07, 6.45) is 3.30. The van der Waals surface area contributed by atoms with E-state index in [0.717, 1.165) is 24.2 Å². The SMILES string of the molecule is COc1ccc(C2(C(=O)NCC(C)(O)C(=O)O)CCCC2)cc1. The minimum Gasteiger partial charge on any atom is -0.497 e. The summed E-state index contributed by atoms with van der Waals surface area (Å²) < 4.78 is 5.14. The van der Waals surface area contributed by atoms with Crippen LogP contribution in [-0.4, -0.2) is 41.3 Å². The van der Waals surface area contributed by atoms with Crippen molar-refractivity contribution in [3.63, 3.8) is 0 Å². The lowest BCUT2D eigenvalue weighted by Gasteiger charge is -2.30. The number of aliphatic hydroxyl groups is 1. The summed E-state index contributed by atoms with van der Waals surface area (Å²) >= 11 is 0. The van der Waals surface area contributed by atoms with Crippen LogP contribution >= 0.6 is 0 Å². The number of rotatable bonds is 6. The van der Waals surface area contributed by atoms with Gasteiger partial charge in [-0.25, -0.2) is 4.79 Å². The quantitative estimate of drug-likeness (QED) is 0.737. The van der Waals surface area contributed by atoms with Crippen molar-refractivity contribution < 1.29 is 24.5 Å². The smallest absolute Gasteiger partial charge is 0.337 e. The highest BCUT2D eigenvalue weighted by molar-refractivity contribution is 5.89. The third kappa shape index (κ3) is 3.47. The van der Waals surface area contributed by atoms with E-state index in [0.29, 0.717) is 12.8 Å². The Morgan fingerprint density at radius 3 is 2.30 bits per heavy atom. The van der Waals surface area contributed by atoms with E-state index < -0.39 is 17.0 Å². The third-order valence-corrected chi connectivity index (χ3v) is 4.59. The van der Waals surface area contributed by atoms with Gasteiger partial charge in [0, 0.05) is 0 Å². The van der Waals surface area contributed by atoms with Gasteiger partial charge in [0.25, 0.3) is 0 Å². The lowest BCUT2D eigenvalue weighted by Crippen LogP contribution is -2.51. The molecule has 0 aliphatic heterocycles. The molecule has 1 saturated carbocycles. The molecule has 1 unspecified atom stereocenters. The molecular formula is C17H23NO5. The van der Waals surface area contributed by atoms with E-state index >= 15 is 0 Å². The van der Waals surface area contributed by atoms with E-state index in [1.807, 2.05) is 24.3 Å². The zero-order valence-corrected chi connectivity index (χ0v) is 13.5. The summed E-state index contributed by atoms with van der Waals surface area (Å²) in [5.74, 6) is -0.875. The Labute approximate surface area is 135 Å². The van der Waals surface area contributed by atoms with Crippen LogP contribution in [0.1, 0.15) is 38.2 Å². The molecule has 0 spiro atoms. The number of carboxylic acids is 1. The predicted octanol–water partition coefficient (Wildman–Crippen LogP) is 1.46. The number of nitrogens with one attached hydrogen (secondary N) is 1. The molecule has 1 aliphatic carbocycles. The van der Waals surface area contributed by atoms with Crippen LogP contribution in [0.2, 0.25) is 0 Å². The highest BCUT2D eigenvalue weighted by atomic mass is 16.5. The zero-order chi connectivity index (χ0) is 17.1. The van der Waals surface area contributed by atoms with Gasteiger partial charge in [-0.15, -0.1) is 0 Å². The van der Waals surface area contributed by atoms with Gasteiger partial charge in [0.1, 0.15) is 5.75 Å². The average molecular weight is 321 g/mol. The molecule has 6 nitrogen and oxygen atoms in total. The van der Waals surface area contributed by atoms with Crippen molar-refractivity contribution in [3.8, 4) is 5.75 Å². The van der Waals surface area contributed by atoms with Crippen molar-refractivity contribution in [2.45, 2.75) is 43.6 Å². The van der Waals surface area contributed by atoms with Gasteiger partial charge >= 0.3 is 5.97 Å². The maximum atomic E-state index is 12.7. The Morgan fingerprint density at radius 2 is 1.83 bits per heavy atom. The summed E-state index contributed by atoms with van der Waals surface area (Å²) in [5.41, 5.74) is -1.75. The summed E-state index contributed by atoms with van der Waals surface area (Å²) in [6.45, 7) is 0.851. The molecule has 0 aromatic heterocycles. The highest BCUT2D eigenvalue weighted by Gasteiger charge is 2.43. The Morgan fingerprint density at radius 1 is 1.26 bits per heavy atom. The number of carbonyl (C=O) groups is 2. The van der Waals surface area contributed by atoms with Gasteiger partial charge in [0.05, 0.1) is 19.1 Å². The zero-order valence-electron chi connectivity index (χ0n) is 13.5. The van der Waals surface area contributed by atoms with Gasteiger partial charge in [0.2, 0.25) is 5.91 Å². The fourth-order valence-electron chi connectivity index (χ4n) is 3.03. The van der Waals surface area contributed by atoms with E-state index in [-0.39, 0.29) is 12.5 Å². The molecule has 1 atom stereocenters. The number of methoxy groups -OCH3 is 1. The summed E-state index contributed by atoms with van der Waals surface area (Å²) in [6, 6.07) is 7.38. The fourth-order valence-corrected chi connectivity index (χ4v) is 3.03. The van der Waals surface area contributed by atoms with Crippen LogP contribution in [0.15, 0.2) is 24.3 Å². The van der Waals surface area contributed by atoms with Crippen molar-refractivity contribution in [3.05, 3.63) is 29.8 Å². The minimum absolute atomic E-state index is 0.235. The van der Waals surface area contributed by atoms with E-state index in [1.165, 1.54) is 6.92 Å². The van der Waals surface area contributed by atoms with Crippen molar-refractivity contribution in [2.24, 2.45) is 0 Å². The number of benzene rings is 1. The van der Waals surface area contributed by atoms with Crippen LogP contribution in [0.25, 0.3) is 0 Å². The maximum absolute atomic E-state index is 12.7. The number of hydrogen-bond donors (Lipinski definition) is 3. The van der Waals surface area contributed by atoms with Crippen LogP contribution < -0.4 is 10.1 Å². The molecule has 1 aromatic carbocycles. The lowest BCUT2D eigenvalue weighted by molar-refractivity contribution is -0.156. The van der Waals surface area contributed by atoms with Crippen LogP contribution in [0, 0.1) is 0 Å². The molecule has 1 aromatic rings. The second-order valence-electron chi connectivity index (χ2n) is 6.28. The van der Waals surface area contributed by atoms with Crippen molar-refractivity contribution >= 4 is 11.9 Å². The van der Waals surface area contributed by atoms with Crippen molar-refractivity contribution in [2.75, 3.05) is 13.7 Å². The standard InChI is InChI=1S/C17H23NO5/c1-16(22,15(20)21)11-18-14(19)17(9-3-4-10-17)12-5-7-13(23-2)8-6-12/h5-8,22H,3-4,9-11H2,1-2H3,(H,18,19)(H,20,21). The molecule has 0 radical (unpaired) electrons. The van der Waals surface area contributed by atoms with Crippen LogP contribution in [0.4, 0.5) is 0 Å². The van der Waals surface area contributed by atoms with Crippen LogP contribution in [0.5, 0.6) is 5.75 Å². The number of aliphatic carboxylic acids is 1. The van der Waals surface area contributed by atoms with E-state index in [1.54, 1.807) is 7.11 Å². The first-order chi connectivity index (χ1) is 10.8. The first kappa shape index (κ1) is 17.3. The lowest BCUT2D eigenvalue weighted by atomic mass is 9.78. The number of carboxylic acid groups (broad SMARTS) is 1. The second-order valence-corrected chi connectivity index (χ2v) is 6.28. The summed E-state index contributed by atoms with van der Waals surface area (Å²) in [5, 5.41) is 21.3. The molecule has 6 heteroatoms. The van der Waals surface area contributed by atoms with Crippen LogP contribution in [0.3, 0.4) is 0 Å². The molecule has 0 saturated heterocycles. The molecule has 1 fully saturated rings. The Kier molecular flexibility index (Phi) is 4.94. The summed E-state index contributed by atoms with van der Waals surface area (Å²) in [4.78, 5) is 23.7. The molecular weight excluding hydrogens is 298 g/mol. The molecule has 1 amide bonds. The average Bonchev–Trinajstić information content (AvgIpc) is 3.03. The summed E-state index contributed by atoms with van der Waals surface area (Å²) in [7, 11) is 1.58. The van der Waals surface area contributed by atoms with E-state index in [4.69, 9.17) is 9.84 Å².